The second kappa shape index (κ2) is 7.78. The Morgan fingerprint density at radius 3 is 2.47 bits per heavy atom. The van der Waals surface area contributed by atoms with Crippen LogP contribution in [0.2, 0.25) is 0 Å². The van der Waals surface area contributed by atoms with Crippen LogP contribution in [0.15, 0.2) is 0 Å². The van der Waals surface area contributed by atoms with Gasteiger partial charge in [0, 0.05) is 19.6 Å². The maximum Gasteiger partial charge on any atom is 0.308 e. The van der Waals surface area contributed by atoms with Crippen LogP contribution in [-0.2, 0) is 19.7 Å². The van der Waals surface area contributed by atoms with Crippen molar-refractivity contribution in [1.29, 1.82) is 0 Å². The maximum absolute atomic E-state index is 12.0. The Balaban J connectivity index is 2.39. The van der Waals surface area contributed by atoms with E-state index in [-0.39, 0.29) is 11.9 Å². The first-order valence-electron chi connectivity index (χ1n) is 6.48. The number of nitrogens with one attached hydrogen (secondary N) is 2. The molecule has 0 amide bonds. The van der Waals surface area contributed by atoms with Crippen LogP contribution in [0, 0.1) is 5.92 Å². The summed E-state index contributed by atoms with van der Waals surface area (Å²) in [5.41, 5.74) is 0. The molecule has 1 aliphatic rings. The number of carbonyl (C=O) groups excluding carboxylic acids is 1. The van der Waals surface area contributed by atoms with Crippen molar-refractivity contribution in [3.8, 4) is 0 Å². The lowest BCUT2D eigenvalue weighted by molar-refractivity contribution is -0.146. The van der Waals surface area contributed by atoms with Gasteiger partial charge in [0.25, 0.3) is 10.2 Å². The van der Waals surface area contributed by atoms with Crippen molar-refractivity contribution in [2.45, 2.75) is 19.3 Å². The molecule has 0 bridgehead atoms. The topological polar surface area (TPSA) is 87.7 Å². The minimum atomic E-state index is -3.42. The zero-order valence-corrected chi connectivity index (χ0v) is 12.3. The van der Waals surface area contributed by atoms with Gasteiger partial charge in [0.15, 0.2) is 0 Å². The first kappa shape index (κ1) is 16.4. The fourth-order valence-corrected chi connectivity index (χ4v) is 3.33. The Labute approximate surface area is 114 Å². The van der Waals surface area contributed by atoms with Crippen molar-refractivity contribution in [3.63, 3.8) is 0 Å². The zero-order valence-electron chi connectivity index (χ0n) is 11.5. The number of methoxy groups -OCH3 is 1. The first-order chi connectivity index (χ1) is 9.01. The van der Waals surface area contributed by atoms with Gasteiger partial charge in [-0.2, -0.15) is 12.7 Å². The molecule has 0 aromatic heterocycles. The van der Waals surface area contributed by atoms with Crippen LogP contribution in [0.1, 0.15) is 19.3 Å². The molecule has 1 aliphatic heterocycles. The highest BCUT2D eigenvalue weighted by Gasteiger charge is 2.31. The van der Waals surface area contributed by atoms with Gasteiger partial charge in [-0.15, -0.1) is 0 Å². The molecule has 2 N–H and O–H groups in total. The van der Waals surface area contributed by atoms with E-state index in [1.165, 1.54) is 11.4 Å². The lowest BCUT2D eigenvalue weighted by Gasteiger charge is -2.29. The average molecular weight is 293 g/mol. The molecule has 0 aromatic carbocycles. The van der Waals surface area contributed by atoms with Crippen molar-refractivity contribution >= 4 is 16.2 Å². The molecular weight excluding hydrogens is 270 g/mol. The van der Waals surface area contributed by atoms with Gasteiger partial charge < -0.3 is 10.1 Å². The second-order valence-corrected chi connectivity index (χ2v) is 6.31. The van der Waals surface area contributed by atoms with Gasteiger partial charge in [0.2, 0.25) is 0 Å². The molecule has 112 valence electrons. The Bertz CT molecular complexity index is 377. The molecule has 0 saturated carbocycles. The van der Waals surface area contributed by atoms with Crippen LogP contribution < -0.4 is 10.0 Å². The Morgan fingerprint density at radius 1 is 1.32 bits per heavy atom. The van der Waals surface area contributed by atoms with Crippen LogP contribution >= 0.6 is 0 Å². The molecule has 0 aromatic rings. The van der Waals surface area contributed by atoms with Crippen LogP contribution in [0.5, 0.6) is 0 Å². The Morgan fingerprint density at radius 2 is 1.95 bits per heavy atom. The molecule has 0 radical (unpaired) electrons. The standard InChI is InChI=1S/C11H23N3O4S/c1-12-6-3-7-13-19(16,17)14-8-4-10(5-9-14)11(15)18-2/h10,12-13H,3-9H2,1-2H3. The van der Waals surface area contributed by atoms with Gasteiger partial charge in [-0.1, -0.05) is 0 Å². The molecule has 7 nitrogen and oxygen atoms in total. The predicted molar refractivity (Wildman–Crippen MR) is 71.8 cm³/mol. The van der Waals surface area contributed by atoms with E-state index in [4.69, 9.17) is 0 Å². The smallest absolute Gasteiger partial charge is 0.308 e. The predicted octanol–water partition coefficient (Wildman–Crippen LogP) is -0.685. The third kappa shape index (κ3) is 5.06. The highest BCUT2D eigenvalue weighted by Crippen LogP contribution is 2.19. The van der Waals surface area contributed by atoms with Crippen LogP contribution in [0.3, 0.4) is 0 Å². The maximum atomic E-state index is 12.0. The third-order valence-electron chi connectivity index (χ3n) is 3.22. The summed E-state index contributed by atoms with van der Waals surface area (Å²) < 4.78 is 32.6. The van der Waals surface area contributed by atoms with Crippen molar-refractivity contribution in [2.75, 3.05) is 40.3 Å². The van der Waals surface area contributed by atoms with E-state index < -0.39 is 10.2 Å². The van der Waals surface area contributed by atoms with Gasteiger partial charge in [0.1, 0.15) is 0 Å². The number of rotatable bonds is 7. The van der Waals surface area contributed by atoms with E-state index in [1.54, 1.807) is 0 Å². The van der Waals surface area contributed by atoms with E-state index in [1.807, 2.05) is 7.05 Å². The fraction of sp³-hybridized carbons (Fsp3) is 0.909. The number of nitrogens with zero attached hydrogens (tertiary/aromatic N) is 1. The number of piperidine rings is 1. The summed E-state index contributed by atoms with van der Waals surface area (Å²) >= 11 is 0. The summed E-state index contributed by atoms with van der Waals surface area (Å²) in [6.45, 7) is 1.91. The van der Waals surface area contributed by atoms with Crippen molar-refractivity contribution in [2.24, 2.45) is 5.92 Å². The van der Waals surface area contributed by atoms with Gasteiger partial charge in [-0.3, -0.25) is 4.79 Å². The quantitative estimate of drug-likeness (QED) is 0.479. The fourth-order valence-electron chi connectivity index (χ4n) is 2.06. The second-order valence-electron chi connectivity index (χ2n) is 4.55. The molecule has 19 heavy (non-hydrogen) atoms. The van der Waals surface area contributed by atoms with Crippen molar-refractivity contribution in [3.05, 3.63) is 0 Å². The van der Waals surface area contributed by atoms with Crippen LogP contribution in [0.25, 0.3) is 0 Å². The number of ether oxygens (including phenoxy) is 1. The van der Waals surface area contributed by atoms with Crippen LogP contribution in [0.4, 0.5) is 0 Å². The normalized spacial score (nSPS) is 18.4. The molecule has 1 saturated heterocycles. The molecule has 0 aliphatic carbocycles. The molecule has 0 atom stereocenters. The van der Waals surface area contributed by atoms with E-state index in [0.717, 1.165) is 13.0 Å². The summed E-state index contributed by atoms with van der Waals surface area (Å²) in [4.78, 5) is 11.4. The van der Waals surface area contributed by atoms with E-state index in [0.29, 0.717) is 32.5 Å². The molecule has 8 heteroatoms. The van der Waals surface area contributed by atoms with Gasteiger partial charge >= 0.3 is 5.97 Å². The summed E-state index contributed by atoms with van der Waals surface area (Å²) in [5, 5.41) is 2.96. The third-order valence-corrected chi connectivity index (χ3v) is 4.83. The molecule has 0 spiro atoms. The van der Waals surface area contributed by atoms with Gasteiger partial charge in [-0.05, 0) is 32.9 Å². The highest BCUT2D eigenvalue weighted by atomic mass is 32.2. The monoisotopic (exact) mass is 293 g/mol. The summed E-state index contributed by atoms with van der Waals surface area (Å²) in [6, 6.07) is 0. The van der Waals surface area contributed by atoms with Crippen molar-refractivity contribution in [1.82, 2.24) is 14.3 Å². The first-order valence-corrected chi connectivity index (χ1v) is 7.92. The van der Waals surface area contributed by atoms with E-state index in [2.05, 4.69) is 14.8 Å². The lowest BCUT2D eigenvalue weighted by Crippen LogP contribution is -2.46. The Kier molecular flexibility index (Phi) is 6.70. The number of hydrogen-bond donors (Lipinski definition) is 2. The molecule has 0 unspecified atom stereocenters. The van der Waals surface area contributed by atoms with E-state index >= 15 is 0 Å². The zero-order chi connectivity index (χ0) is 14.3. The number of carbonyl (C=O) groups is 1. The highest BCUT2D eigenvalue weighted by molar-refractivity contribution is 7.87. The summed E-state index contributed by atoms with van der Waals surface area (Å²) in [7, 11) is -0.235. The number of hydrogen-bond acceptors (Lipinski definition) is 5. The minimum Gasteiger partial charge on any atom is -0.469 e. The van der Waals surface area contributed by atoms with E-state index in [9.17, 15) is 13.2 Å². The van der Waals surface area contributed by atoms with Crippen LogP contribution in [-0.4, -0.2) is 59.0 Å². The van der Waals surface area contributed by atoms with Gasteiger partial charge in [-0.25, -0.2) is 4.72 Å². The molecule has 1 rings (SSSR count). The Hall–Kier alpha value is -0.700. The van der Waals surface area contributed by atoms with Crippen molar-refractivity contribution < 1.29 is 17.9 Å². The summed E-state index contributed by atoms with van der Waals surface area (Å²) in [5.74, 6) is -0.431. The summed E-state index contributed by atoms with van der Waals surface area (Å²) in [6.07, 6.45) is 1.78. The minimum absolute atomic E-state index is 0.180. The SMILES string of the molecule is CNCCCNS(=O)(=O)N1CCC(C(=O)OC)CC1. The van der Waals surface area contributed by atoms with Gasteiger partial charge in [0.05, 0.1) is 13.0 Å². The molecular formula is C11H23N3O4S. The number of esters is 1. The molecule has 1 fully saturated rings. The lowest BCUT2D eigenvalue weighted by atomic mass is 9.99. The molecule has 1 heterocycles. The average Bonchev–Trinajstić information content (AvgIpc) is 2.43. The largest absolute Gasteiger partial charge is 0.469 e.